The molecule has 0 spiro atoms. The molecule has 104 valence electrons. The molecule has 0 heterocycles. The molecule has 1 atom stereocenters. The number of aliphatic hydroxyl groups is 1. The van der Waals surface area contributed by atoms with E-state index in [0.29, 0.717) is 10.8 Å². The van der Waals surface area contributed by atoms with E-state index in [0.717, 1.165) is 18.4 Å². The zero-order valence-electron chi connectivity index (χ0n) is 11.3. The minimum Gasteiger partial charge on any atom is -0.497 e. The highest BCUT2D eigenvalue weighted by Crippen LogP contribution is 2.38. The van der Waals surface area contributed by atoms with Crippen LogP contribution in [-0.4, -0.2) is 12.2 Å². The minimum absolute atomic E-state index is 0.193. The van der Waals surface area contributed by atoms with Crippen LogP contribution < -0.4 is 4.74 Å². The summed E-state index contributed by atoms with van der Waals surface area (Å²) in [5.41, 5.74) is 3.45. The molecule has 20 heavy (non-hydrogen) atoms. The molecule has 0 radical (unpaired) electrons. The maximum Gasteiger partial charge on any atom is 0.120 e. The molecule has 0 amide bonds. The van der Waals surface area contributed by atoms with Crippen LogP contribution in [0.4, 0.5) is 0 Å². The predicted molar refractivity (Wildman–Crippen MR) is 80.3 cm³/mol. The van der Waals surface area contributed by atoms with E-state index in [4.69, 9.17) is 16.3 Å². The fourth-order valence-electron chi connectivity index (χ4n) is 2.94. The molecular formula is C17H17ClO2. The standard InChI is InChI=1S/C17H17ClO2/c1-20-14-6-7-15(16(18)10-14)17(19)13-8-11-4-2-3-5-12(11)9-13/h2-7,10,13,17,19H,8-9H2,1H3. The van der Waals surface area contributed by atoms with E-state index in [2.05, 4.69) is 12.1 Å². The number of hydrogen-bond acceptors (Lipinski definition) is 2. The first-order valence-electron chi connectivity index (χ1n) is 6.77. The van der Waals surface area contributed by atoms with Gasteiger partial charge in [-0.2, -0.15) is 0 Å². The van der Waals surface area contributed by atoms with Crippen LogP contribution in [0.3, 0.4) is 0 Å². The highest BCUT2D eigenvalue weighted by molar-refractivity contribution is 6.31. The summed E-state index contributed by atoms with van der Waals surface area (Å²) in [6.45, 7) is 0. The SMILES string of the molecule is COc1ccc(C(O)C2Cc3ccccc3C2)c(Cl)c1. The molecule has 0 aromatic heterocycles. The molecule has 1 aliphatic rings. The molecule has 1 aliphatic carbocycles. The molecular weight excluding hydrogens is 272 g/mol. The third-order valence-electron chi connectivity index (χ3n) is 4.06. The third kappa shape index (κ3) is 2.41. The molecule has 2 aromatic rings. The lowest BCUT2D eigenvalue weighted by Gasteiger charge is -2.19. The Labute approximate surface area is 124 Å². The molecule has 0 fully saturated rings. The van der Waals surface area contributed by atoms with Crippen molar-refractivity contribution in [2.24, 2.45) is 5.92 Å². The first kappa shape index (κ1) is 13.5. The lowest BCUT2D eigenvalue weighted by Crippen LogP contribution is -2.13. The first-order chi connectivity index (χ1) is 9.69. The van der Waals surface area contributed by atoms with Gasteiger partial charge in [0.25, 0.3) is 0 Å². The van der Waals surface area contributed by atoms with Crippen LogP contribution in [0.5, 0.6) is 5.75 Å². The van der Waals surface area contributed by atoms with Crippen LogP contribution in [0.25, 0.3) is 0 Å². The number of methoxy groups -OCH3 is 1. The highest BCUT2D eigenvalue weighted by atomic mass is 35.5. The molecule has 2 aromatic carbocycles. The van der Waals surface area contributed by atoms with E-state index in [-0.39, 0.29) is 5.92 Å². The maximum absolute atomic E-state index is 10.6. The minimum atomic E-state index is -0.541. The largest absolute Gasteiger partial charge is 0.497 e. The maximum atomic E-state index is 10.6. The van der Waals surface area contributed by atoms with Crippen LogP contribution in [0.2, 0.25) is 5.02 Å². The van der Waals surface area contributed by atoms with Crippen molar-refractivity contribution < 1.29 is 9.84 Å². The molecule has 0 saturated heterocycles. The summed E-state index contributed by atoms with van der Waals surface area (Å²) >= 11 is 6.25. The fourth-order valence-corrected chi connectivity index (χ4v) is 3.23. The second-order valence-electron chi connectivity index (χ2n) is 5.27. The van der Waals surface area contributed by atoms with E-state index in [1.807, 2.05) is 24.3 Å². The average Bonchev–Trinajstić information content (AvgIpc) is 2.90. The van der Waals surface area contributed by atoms with Gasteiger partial charge in [-0.25, -0.2) is 0 Å². The molecule has 3 heteroatoms. The lowest BCUT2D eigenvalue weighted by molar-refractivity contribution is 0.113. The number of benzene rings is 2. The van der Waals surface area contributed by atoms with Gasteiger partial charge in [-0.1, -0.05) is 41.9 Å². The predicted octanol–water partition coefficient (Wildman–Crippen LogP) is 3.80. The number of hydrogen-bond donors (Lipinski definition) is 1. The van der Waals surface area contributed by atoms with Crippen LogP contribution in [0.1, 0.15) is 22.8 Å². The summed E-state index contributed by atoms with van der Waals surface area (Å²) in [6, 6.07) is 13.8. The molecule has 0 bridgehead atoms. The zero-order valence-corrected chi connectivity index (χ0v) is 12.1. The quantitative estimate of drug-likeness (QED) is 0.931. The van der Waals surface area contributed by atoms with Crippen molar-refractivity contribution in [3.63, 3.8) is 0 Å². The molecule has 2 nitrogen and oxygen atoms in total. The number of halogens is 1. The van der Waals surface area contributed by atoms with E-state index in [9.17, 15) is 5.11 Å². The number of ether oxygens (including phenoxy) is 1. The Kier molecular flexibility index (Phi) is 3.68. The second-order valence-corrected chi connectivity index (χ2v) is 5.68. The smallest absolute Gasteiger partial charge is 0.120 e. The van der Waals surface area contributed by atoms with Crippen LogP contribution in [0.15, 0.2) is 42.5 Å². The van der Waals surface area contributed by atoms with Crippen molar-refractivity contribution in [3.8, 4) is 5.75 Å². The van der Waals surface area contributed by atoms with Gasteiger partial charge in [0.2, 0.25) is 0 Å². The Bertz CT molecular complexity index is 599. The van der Waals surface area contributed by atoms with Gasteiger partial charge in [-0.3, -0.25) is 0 Å². The molecule has 3 rings (SSSR count). The van der Waals surface area contributed by atoms with Crippen molar-refractivity contribution in [2.75, 3.05) is 7.11 Å². The van der Waals surface area contributed by atoms with Crippen LogP contribution in [0, 0.1) is 5.92 Å². The van der Waals surface area contributed by atoms with Crippen molar-refractivity contribution in [2.45, 2.75) is 18.9 Å². The van der Waals surface area contributed by atoms with Gasteiger partial charge in [-0.05, 0) is 47.6 Å². The molecule has 0 saturated carbocycles. The summed E-state index contributed by atoms with van der Waals surface area (Å²) in [5.74, 6) is 0.902. The van der Waals surface area contributed by atoms with Gasteiger partial charge >= 0.3 is 0 Å². The van der Waals surface area contributed by atoms with Gasteiger partial charge in [0.05, 0.1) is 18.2 Å². The van der Waals surface area contributed by atoms with Crippen molar-refractivity contribution in [3.05, 3.63) is 64.2 Å². The Morgan fingerprint density at radius 3 is 2.35 bits per heavy atom. The van der Waals surface area contributed by atoms with Crippen LogP contribution >= 0.6 is 11.6 Å². The summed E-state index contributed by atoms with van der Waals surface area (Å²) in [6.07, 6.45) is 1.26. The Morgan fingerprint density at radius 2 is 1.80 bits per heavy atom. The summed E-state index contributed by atoms with van der Waals surface area (Å²) in [7, 11) is 1.61. The summed E-state index contributed by atoms with van der Waals surface area (Å²) < 4.78 is 5.14. The van der Waals surface area contributed by atoms with E-state index in [1.54, 1.807) is 13.2 Å². The van der Waals surface area contributed by atoms with E-state index in [1.165, 1.54) is 11.1 Å². The fraction of sp³-hybridized carbons (Fsp3) is 0.294. The first-order valence-corrected chi connectivity index (χ1v) is 7.15. The normalized spacial score (nSPS) is 15.9. The average molecular weight is 289 g/mol. The number of aliphatic hydroxyl groups excluding tert-OH is 1. The topological polar surface area (TPSA) is 29.5 Å². The zero-order chi connectivity index (χ0) is 14.1. The Hall–Kier alpha value is -1.51. The summed E-state index contributed by atoms with van der Waals surface area (Å²) in [4.78, 5) is 0. The lowest BCUT2D eigenvalue weighted by atomic mass is 9.93. The van der Waals surface area contributed by atoms with Gasteiger partial charge in [0, 0.05) is 0 Å². The number of fused-ring (bicyclic) bond motifs is 1. The Balaban J connectivity index is 1.82. The van der Waals surface area contributed by atoms with Gasteiger partial charge in [0.1, 0.15) is 5.75 Å². The third-order valence-corrected chi connectivity index (χ3v) is 4.38. The van der Waals surface area contributed by atoms with Crippen molar-refractivity contribution in [1.29, 1.82) is 0 Å². The van der Waals surface area contributed by atoms with Crippen LogP contribution in [-0.2, 0) is 12.8 Å². The second kappa shape index (κ2) is 5.47. The van der Waals surface area contributed by atoms with E-state index >= 15 is 0 Å². The van der Waals surface area contributed by atoms with Crippen molar-refractivity contribution in [1.82, 2.24) is 0 Å². The molecule has 1 unspecified atom stereocenters. The molecule has 1 N–H and O–H groups in total. The highest BCUT2D eigenvalue weighted by Gasteiger charge is 2.29. The monoisotopic (exact) mass is 288 g/mol. The van der Waals surface area contributed by atoms with Gasteiger partial charge < -0.3 is 9.84 Å². The van der Waals surface area contributed by atoms with Crippen molar-refractivity contribution >= 4 is 11.6 Å². The van der Waals surface area contributed by atoms with Gasteiger partial charge in [-0.15, -0.1) is 0 Å². The van der Waals surface area contributed by atoms with E-state index < -0.39 is 6.10 Å². The van der Waals surface area contributed by atoms with Gasteiger partial charge in [0.15, 0.2) is 0 Å². The Morgan fingerprint density at radius 1 is 1.15 bits per heavy atom. The molecule has 0 aliphatic heterocycles. The number of rotatable bonds is 3. The summed E-state index contributed by atoms with van der Waals surface area (Å²) in [5, 5.41) is 11.2.